The van der Waals surface area contributed by atoms with Gasteiger partial charge in [0.1, 0.15) is 5.69 Å². The molecule has 10 heteroatoms. The number of anilines is 1. The van der Waals surface area contributed by atoms with Gasteiger partial charge in [-0.05, 0) is 19.1 Å². The van der Waals surface area contributed by atoms with Crippen molar-refractivity contribution < 1.29 is 18.4 Å². The van der Waals surface area contributed by atoms with Crippen LogP contribution < -0.4 is 16.0 Å². The molecule has 0 bridgehead atoms. The van der Waals surface area contributed by atoms with Crippen molar-refractivity contribution in [1.29, 1.82) is 0 Å². The largest absolute Gasteiger partial charge is 0.430 e. The number of halogens is 2. The van der Waals surface area contributed by atoms with Gasteiger partial charge in [-0.15, -0.1) is 0 Å². The Bertz CT molecular complexity index is 710. The highest BCUT2D eigenvalue weighted by Crippen LogP contribution is 2.33. The second-order valence-corrected chi connectivity index (χ2v) is 3.84. The minimum atomic E-state index is -1.29. The first-order valence-corrected chi connectivity index (χ1v) is 5.55. The van der Waals surface area contributed by atoms with Crippen LogP contribution >= 0.6 is 0 Å². The third kappa shape index (κ3) is 2.84. The molecule has 1 aromatic carbocycles. The zero-order valence-electron chi connectivity index (χ0n) is 10.6. The van der Waals surface area contributed by atoms with Gasteiger partial charge in [0.15, 0.2) is 11.6 Å². The number of aryl methyl sites for hydroxylation is 1. The van der Waals surface area contributed by atoms with Gasteiger partial charge in [0, 0.05) is 0 Å². The lowest BCUT2D eigenvalue weighted by Crippen LogP contribution is -2.13. The molecular formula is C11H9F2N5O3. The number of rotatable bonds is 4. The van der Waals surface area contributed by atoms with E-state index in [0.29, 0.717) is 0 Å². The molecule has 0 aliphatic heterocycles. The van der Waals surface area contributed by atoms with Crippen LogP contribution in [0.25, 0.3) is 0 Å². The summed E-state index contributed by atoms with van der Waals surface area (Å²) in [7, 11) is 0. The van der Waals surface area contributed by atoms with Crippen LogP contribution in [0.4, 0.5) is 20.4 Å². The highest BCUT2D eigenvalue weighted by molar-refractivity contribution is 5.50. The summed E-state index contributed by atoms with van der Waals surface area (Å²) in [6.45, 7) is 1.33. The van der Waals surface area contributed by atoms with Crippen molar-refractivity contribution in [2.24, 2.45) is 5.84 Å². The molecule has 3 N–H and O–H groups in total. The van der Waals surface area contributed by atoms with E-state index in [4.69, 9.17) is 10.6 Å². The molecule has 21 heavy (non-hydrogen) atoms. The summed E-state index contributed by atoms with van der Waals surface area (Å²) in [6.07, 6.45) is 0. The molecule has 0 atom stereocenters. The van der Waals surface area contributed by atoms with Crippen LogP contribution in [-0.2, 0) is 0 Å². The Morgan fingerprint density at radius 2 is 2.10 bits per heavy atom. The van der Waals surface area contributed by atoms with E-state index in [9.17, 15) is 18.9 Å². The monoisotopic (exact) mass is 297 g/mol. The van der Waals surface area contributed by atoms with Crippen molar-refractivity contribution in [2.75, 3.05) is 5.43 Å². The normalized spacial score (nSPS) is 10.3. The van der Waals surface area contributed by atoms with Gasteiger partial charge < -0.3 is 4.74 Å². The highest BCUT2D eigenvalue weighted by atomic mass is 19.2. The van der Waals surface area contributed by atoms with Crippen molar-refractivity contribution in [2.45, 2.75) is 6.92 Å². The molecule has 0 saturated heterocycles. The molecule has 1 heterocycles. The number of hydrogen-bond donors (Lipinski definition) is 2. The summed E-state index contributed by atoms with van der Waals surface area (Å²) in [6, 6.07) is 3.18. The summed E-state index contributed by atoms with van der Waals surface area (Å²) >= 11 is 0. The number of nitro groups is 1. The fraction of sp³-hybridized carbons (Fsp3) is 0.0909. The fourth-order valence-electron chi connectivity index (χ4n) is 1.55. The summed E-state index contributed by atoms with van der Waals surface area (Å²) in [5.41, 5.74) is 1.48. The van der Waals surface area contributed by atoms with Crippen LogP contribution in [0.1, 0.15) is 5.69 Å². The first-order valence-electron chi connectivity index (χ1n) is 5.55. The molecule has 0 saturated carbocycles. The average molecular weight is 297 g/mol. The zero-order chi connectivity index (χ0) is 15.6. The maximum absolute atomic E-state index is 13.5. The molecule has 0 unspecified atom stereocenters. The molecule has 8 nitrogen and oxygen atoms in total. The Balaban J connectivity index is 2.54. The number of nitrogens with zero attached hydrogens (tertiary/aromatic N) is 3. The zero-order valence-corrected chi connectivity index (χ0v) is 10.6. The molecule has 2 aromatic rings. The van der Waals surface area contributed by atoms with Crippen molar-refractivity contribution >= 4 is 11.6 Å². The van der Waals surface area contributed by atoms with Crippen LogP contribution in [0.3, 0.4) is 0 Å². The second kappa shape index (κ2) is 5.63. The van der Waals surface area contributed by atoms with E-state index in [2.05, 4.69) is 15.4 Å². The summed E-state index contributed by atoms with van der Waals surface area (Å²) < 4.78 is 31.7. The molecule has 0 radical (unpaired) electrons. The van der Waals surface area contributed by atoms with Crippen molar-refractivity contribution in [3.8, 4) is 11.6 Å². The first kappa shape index (κ1) is 14.5. The Kier molecular flexibility index (Phi) is 3.89. The maximum Gasteiger partial charge on any atom is 0.352 e. The van der Waals surface area contributed by atoms with Gasteiger partial charge in [-0.1, -0.05) is 6.07 Å². The van der Waals surface area contributed by atoms with Gasteiger partial charge >= 0.3 is 11.6 Å². The molecule has 1 aromatic heterocycles. The van der Waals surface area contributed by atoms with Crippen LogP contribution in [0.15, 0.2) is 18.2 Å². The lowest BCUT2D eigenvalue weighted by atomic mass is 10.3. The topological polar surface area (TPSA) is 116 Å². The van der Waals surface area contributed by atoms with Gasteiger partial charge in [-0.2, -0.15) is 9.37 Å². The van der Waals surface area contributed by atoms with E-state index in [1.54, 1.807) is 0 Å². The smallest absolute Gasteiger partial charge is 0.352 e. The molecule has 0 spiro atoms. The lowest BCUT2D eigenvalue weighted by Gasteiger charge is -2.09. The Morgan fingerprint density at radius 3 is 2.71 bits per heavy atom. The standard InChI is InChI=1S/C11H9F2N5O3/c1-5-9(18(19)20)10(16-11(15-5)17-14)21-7-4-2-3-6(12)8(7)13/h2-4H,14H2,1H3,(H,15,16,17). The van der Waals surface area contributed by atoms with Crippen molar-refractivity contribution in [3.05, 3.63) is 45.6 Å². The van der Waals surface area contributed by atoms with Crippen molar-refractivity contribution in [3.63, 3.8) is 0 Å². The number of benzene rings is 1. The van der Waals surface area contributed by atoms with Gasteiger partial charge in [-0.3, -0.25) is 15.5 Å². The Morgan fingerprint density at radius 1 is 1.38 bits per heavy atom. The molecule has 0 amide bonds. The Labute approximate surface area is 116 Å². The molecular weight excluding hydrogens is 288 g/mol. The minimum Gasteiger partial charge on any atom is -0.430 e. The predicted molar refractivity (Wildman–Crippen MR) is 67.7 cm³/mol. The quantitative estimate of drug-likeness (QED) is 0.504. The summed E-state index contributed by atoms with van der Waals surface area (Å²) in [4.78, 5) is 17.6. The van der Waals surface area contributed by atoms with Crippen LogP contribution in [0.2, 0.25) is 0 Å². The summed E-state index contributed by atoms with van der Waals surface area (Å²) in [5.74, 6) is 1.43. The number of nitrogens with two attached hydrogens (primary N) is 1. The van der Waals surface area contributed by atoms with Gasteiger partial charge in [0.2, 0.25) is 11.8 Å². The first-order chi connectivity index (χ1) is 9.93. The van der Waals surface area contributed by atoms with E-state index >= 15 is 0 Å². The number of nitrogens with one attached hydrogen (secondary N) is 1. The molecule has 0 aliphatic rings. The van der Waals surface area contributed by atoms with Crippen molar-refractivity contribution in [1.82, 2.24) is 9.97 Å². The van der Waals surface area contributed by atoms with E-state index < -0.39 is 33.9 Å². The third-order valence-corrected chi connectivity index (χ3v) is 2.46. The Hall–Kier alpha value is -2.88. The molecule has 110 valence electrons. The van der Waals surface area contributed by atoms with Crippen LogP contribution in [0.5, 0.6) is 11.6 Å². The van der Waals surface area contributed by atoms with Gasteiger partial charge in [-0.25, -0.2) is 15.2 Å². The van der Waals surface area contributed by atoms with E-state index in [0.717, 1.165) is 12.1 Å². The highest BCUT2D eigenvalue weighted by Gasteiger charge is 2.25. The number of hydrogen-bond acceptors (Lipinski definition) is 7. The second-order valence-electron chi connectivity index (χ2n) is 3.84. The van der Waals surface area contributed by atoms with Gasteiger partial charge in [0.05, 0.1) is 4.92 Å². The predicted octanol–water partition coefficient (Wildman–Crippen LogP) is 2.05. The minimum absolute atomic E-state index is 0.0465. The number of ether oxygens (including phenoxy) is 1. The van der Waals surface area contributed by atoms with Crippen LogP contribution in [-0.4, -0.2) is 14.9 Å². The molecule has 0 fully saturated rings. The SMILES string of the molecule is Cc1nc(NN)nc(Oc2cccc(F)c2F)c1[N+](=O)[O-]. The fourth-order valence-corrected chi connectivity index (χ4v) is 1.55. The third-order valence-electron chi connectivity index (χ3n) is 2.46. The number of nitrogen functional groups attached to an aromatic ring is 1. The van der Waals surface area contributed by atoms with E-state index in [1.807, 2.05) is 0 Å². The van der Waals surface area contributed by atoms with E-state index in [1.165, 1.54) is 13.0 Å². The maximum atomic E-state index is 13.5. The number of aromatic nitrogens is 2. The molecule has 2 rings (SSSR count). The average Bonchev–Trinajstić information content (AvgIpc) is 2.42. The van der Waals surface area contributed by atoms with E-state index in [-0.39, 0.29) is 11.6 Å². The molecule has 0 aliphatic carbocycles. The lowest BCUT2D eigenvalue weighted by molar-refractivity contribution is -0.386. The number of hydrazine groups is 1. The summed E-state index contributed by atoms with van der Waals surface area (Å²) in [5, 5.41) is 11.0. The van der Waals surface area contributed by atoms with Gasteiger partial charge in [0.25, 0.3) is 0 Å². The van der Waals surface area contributed by atoms with Crippen LogP contribution in [0, 0.1) is 28.7 Å².